The van der Waals surface area contributed by atoms with Gasteiger partial charge in [-0.25, -0.2) is 22.9 Å². The number of aromatic nitrogens is 2. The molecule has 9 heteroatoms. The van der Waals surface area contributed by atoms with E-state index in [1.807, 2.05) is 4.57 Å². The Morgan fingerprint density at radius 3 is 2.38 bits per heavy atom. The maximum atomic E-state index is 14.7. The Morgan fingerprint density at radius 1 is 1.00 bits per heavy atom. The van der Waals surface area contributed by atoms with Crippen molar-refractivity contribution in [3.8, 4) is 17.1 Å². The lowest BCUT2D eigenvalue weighted by molar-refractivity contribution is 0.0696. The molecule has 0 spiro atoms. The second-order valence-electron chi connectivity index (χ2n) is 9.29. The molecule has 1 atom stereocenters. The van der Waals surface area contributed by atoms with E-state index in [1.54, 1.807) is 24.3 Å². The van der Waals surface area contributed by atoms with Crippen molar-refractivity contribution in [2.75, 3.05) is 6.61 Å². The predicted molar refractivity (Wildman–Crippen MR) is 135 cm³/mol. The molecule has 0 bridgehead atoms. The lowest BCUT2D eigenvalue weighted by atomic mass is 9.83. The molecule has 1 N–H and O–H groups in total. The minimum Gasteiger partial charge on any atom is -0.488 e. The molecule has 1 unspecified atom stereocenters. The van der Waals surface area contributed by atoms with Crippen LogP contribution in [-0.2, 0) is 0 Å². The van der Waals surface area contributed by atoms with Crippen molar-refractivity contribution >= 4 is 28.6 Å². The van der Waals surface area contributed by atoms with Crippen LogP contribution in [0.1, 0.15) is 48.5 Å². The Kier molecular flexibility index (Phi) is 7.11. The van der Waals surface area contributed by atoms with Gasteiger partial charge in [0.15, 0.2) is 23.2 Å². The Morgan fingerprint density at radius 2 is 1.70 bits per heavy atom. The van der Waals surface area contributed by atoms with Gasteiger partial charge in [0.05, 0.1) is 22.6 Å². The second-order valence-corrected chi connectivity index (χ2v) is 9.73. The third-order valence-electron chi connectivity index (χ3n) is 6.95. The van der Waals surface area contributed by atoms with Crippen LogP contribution in [0.2, 0.25) is 5.02 Å². The molecular formula is C28H24ClF3N2O3. The summed E-state index contributed by atoms with van der Waals surface area (Å²) in [6.45, 7) is 0.0268. The minimum atomic E-state index is -1.24. The zero-order valence-corrected chi connectivity index (χ0v) is 20.5. The summed E-state index contributed by atoms with van der Waals surface area (Å²) in [6, 6.07) is 12.3. The molecule has 1 aliphatic rings. The number of hydrogen-bond donors (Lipinski definition) is 1. The van der Waals surface area contributed by atoms with Crippen molar-refractivity contribution in [3.63, 3.8) is 0 Å². The monoisotopic (exact) mass is 528 g/mol. The van der Waals surface area contributed by atoms with Gasteiger partial charge >= 0.3 is 5.97 Å². The molecule has 1 saturated carbocycles. The van der Waals surface area contributed by atoms with Gasteiger partial charge in [-0.3, -0.25) is 0 Å². The number of carboxylic acid groups (broad SMARTS) is 1. The van der Waals surface area contributed by atoms with Crippen LogP contribution in [0.15, 0.2) is 54.6 Å². The highest BCUT2D eigenvalue weighted by molar-refractivity contribution is 6.30. The molecule has 1 aliphatic carbocycles. The number of ether oxygens (including phenoxy) is 1. The Labute approximate surface area is 216 Å². The highest BCUT2D eigenvalue weighted by Gasteiger charge is 2.30. The van der Waals surface area contributed by atoms with E-state index < -0.39 is 23.4 Å². The van der Waals surface area contributed by atoms with Gasteiger partial charge in [0.2, 0.25) is 0 Å². The summed E-state index contributed by atoms with van der Waals surface area (Å²) in [6.07, 6.45) is 4.89. The number of carboxylic acids is 1. The predicted octanol–water partition coefficient (Wildman–Crippen LogP) is 7.67. The zero-order valence-electron chi connectivity index (χ0n) is 19.8. The molecule has 5 nitrogen and oxygen atoms in total. The smallest absolute Gasteiger partial charge is 0.335 e. The third kappa shape index (κ3) is 5.16. The van der Waals surface area contributed by atoms with Crippen LogP contribution in [0.4, 0.5) is 13.2 Å². The summed E-state index contributed by atoms with van der Waals surface area (Å²) in [5.74, 6) is -3.48. The molecule has 0 saturated heterocycles. The summed E-state index contributed by atoms with van der Waals surface area (Å²) >= 11 is 6.09. The number of rotatable bonds is 7. The molecule has 1 fully saturated rings. The van der Waals surface area contributed by atoms with E-state index in [-0.39, 0.29) is 29.9 Å². The van der Waals surface area contributed by atoms with Gasteiger partial charge in [-0.1, -0.05) is 30.9 Å². The third-order valence-corrected chi connectivity index (χ3v) is 7.20. The van der Waals surface area contributed by atoms with Crippen molar-refractivity contribution < 1.29 is 27.8 Å². The molecule has 1 aromatic heterocycles. The number of nitrogens with zero attached hydrogens (tertiary/aromatic N) is 2. The van der Waals surface area contributed by atoms with Crippen LogP contribution in [0.5, 0.6) is 5.75 Å². The van der Waals surface area contributed by atoms with Crippen molar-refractivity contribution in [2.24, 2.45) is 5.92 Å². The molecular weight excluding hydrogens is 505 g/mol. The standard InChI is InChI=1S/C28H24ClF3N2O3/c29-19-9-6-17(7-10-19)27-33-23-13-20(30)21(31)14-24(23)34(27)25(16-4-2-1-3-5-16)15-37-26-11-8-18(28(35)36)12-22(26)32/h6-14,16,25H,1-5,15H2,(H,35,36). The van der Waals surface area contributed by atoms with Crippen LogP contribution in [0, 0.1) is 23.4 Å². The lowest BCUT2D eigenvalue weighted by Gasteiger charge is -2.32. The molecule has 192 valence electrons. The van der Waals surface area contributed by atoms with E-state index in [2.05, 4.69) is 4.98 Å². The van der Waals surface area contributed by atoms with Crippen LogP contribution < -0.4 is 4.74 Å². The number of benzene rings is 3. The number of carbonyl (C=O) groups is 1. The quantitative estimate of drug-likeness (QED) is 0.267. The normalized spacial score (nSPS) is 15.1. The minimum absolute atomic E-state index is 0.0268. The molecule has 5 rings (SSSR count). The Balaban J connectivity index is 1.61. The second kappa shape index (κ2) is 10.5. The first-order chi connectivity index (χ1) is 17.8. The summed E-state index contributed by atoms with van der Waals surface area (Å²) in [4.78, 5) is 15.8. The summed E-state index contributed by atoms with van der Waals surface area (Å²) in [5, 5.41) is 9.67. The van der Waals surface area contributed by atoms with E-state index in [0.29, 0.717) is 27.4 Å². The van der Waals surface area contributed by atoms with Crippen molar-refractivity contribution in [1.29, 1.82) is 0 Å². The van der Waals surface area contributed by atoms with Gasteiger partial charge in [-0.05, 0) is 61.2 Å². The fraction of sp³-hybridized carbons (Fsp3) is 0.286. The molecule has 1 heterocycles. The highest BCUT2D eigenvalue weighted by Crippen LogP contribution is 2.39. The Bertz CT molecular complexity index is 1450. The fourth-order valence-electron chi connectivity index (χ4n) is 5.10. The molecule has 0 aliphatic heterocycles. The van der Waals surface area contributed by atoms with E-state index >= 15 is 0 Å². The first-order valence-corrected chi connectivity index (χ1v) is 12.5. The average Bonchev–Trinajstić information content (AvgIpc) is 3.24. The van der Waals surface area contributed by atoms with Crippen LogP contribution >= 0.6 is 11.6 Å². The summed E-state index contributed by atoms with van der Waals surface area (Å²) in [5.41, 5.74) is 1.22. The van der Waals surface area contributed by atoms with Crippen LogP contribution in [-0.4, -0.2) is 27.2 Å². The first-order valence-electron chi connectivity index (χ1n) is 12.1. The number of fused-ring (bicyclic) bond motifs is 1. The SMILES string of the molecule is O=C(O)c1ccc(OCC(C2CCCCC2)n2c(-c3ccc(Cl)cc3)nc3cc(F)c(F)cc32)c(F)c1. The van der Waals surface area contributed by atoms with E-state index in [4.69, 9.17) is 21.4 Å². The summed E-state index contributed by atoms with van der Waals surface area (Å²) < 4.78 is 51.0. The van der Waals surface area contributed by atoms with Crippen molar-refractivity contribution in [3.05, 3.63) is 82.6 Å². The van der Waals surface area contributed by atoms with Crippen LogP contribution in [0.25, 0.3) is 22.4 Å². The van der Waals surface area contributed by atoms with Crippen LogP contribution in [0.3, 0.4) is 0 Å². The van der Waals surface area contributed by atoms with Crippen molar-refractivity contribution in [1.82, 2.24) is 9.55 Å². The number of imidazole rings is 1. The first kappa shape index (κ1) is 25.1. The zero-order chi connectivity index (χ0) is 26.1. The maximum Gasteiger partial charge on any atom is 0.335 e. The fourth-order valence-corrected chi connectivity index (χ4v) is 5.22. The van der Waals surface area contributed by atoms with Gasteiger partial charge in [0.25, 0.3) is 0 Å². The largest absolute Gasteiger partial charge is 0.488 e. The van der Waals surface area contributed by atoms with Gasteiger partial charge in [-0.2, -0.15) is 0 Å². The van der Waals surface area contributed by atoms with Gasteiger partial charge in [0.1, 0.15) is 12.4 Å². The number of halogens is 4. The van der Waals surface area contributed by atoms with Gasteiger partial charge in [0, 0.05) is 22.7 Å². The summed E-state index contributed by atoms with van der Waals surface area (Å²) in [7, 11) is 0. The van der Waals surface area contributed by atoms with E-state index in [9.17, 15) is 18.0 Å². The maximum absolute atomic E-state index is 14.7. The van der Waals surface area contributed by atoms with Gasteiger partial charge < -0.3 is 14.4 Å². The lowest BCUT2D eigenvalue weighted by Crippen LogP contribution is -2.28. The number of aromatic carboxylic acids is 1. The van der Waals surface area contributed by atoms with Gasteiger partial charge in [-0.15, -0.1) is 0 Å². The molecule has 0 radical (unpaired) electrons. The highest BCUT2D eigenvalue weighted by atomic mass is 35.5. The average molecular weight is 529 g/mol. The van der Waals surface area contributed by atoms with Crippen molar-refractivity contribution in [2.45, 2.75) is 38.1 Å². The molecule has 4 aromatic rings. The van der Waals surface area contributed by atoms with E-state index in [0.717, 1.165) is 50.3 Å². The Hall–Kier alpha value is -3.52. The molecule has 37 heavy (non-hydrogen) atoms. The number of hydrogen-bond acceptors (Lipinski definition) is 3. The van der Waals surface area contributed by atoms with E-state index in [1.165, 1.54) is 12.1 Å². The molecule has 3 aromatic carbocycles. The molecule has 0 amide bonds. The topological polar surface area (TPSA) is 64.3 Å².